The lowest BCUT2D eigenvalue weighted by Crippen LogP contribution is -2.58. The smallest absolute Gasteiger partial charge is 0.249 e. The number of carbonyl (C=O) groups excluding carboxylic acids is 3. The molecular weight excluding hydrogens is 558 g/mol. The van der Waals surface area contributed by atoms with E-state index in [2.05, 4.69) is 13.2 Å². The molecule has 234 valence electrons. The SMILES string of the molecule is C=CCN(Cc1ccccc1)C(=O)C1N([C@@H](CC)CO)C(=O)[C@@H]2[C@H](C(=O)N(CC=C)c3ccc(OCC)cc3)[C@@H]3CCC12O3. The Morgan fingerprint density at radius 2 is 1.80 bits per heavy atom. The number of fused-ring (bicyclic) bond motifs is 1. The summed E-state index contributed by atoms with van der Waals surface area (Å²) in [6, 6.07) is 15.4. The van der Waals surface area contributed by atoms with Gasteiger partial charge in [0, 0.05) is 25.3 Å². The van der Waals surface area contributed by atoms with Crippen molar-refractivity contribution in [2.75, 3.05) is 31.2 Å². The lowest BCUT2D eigenvalue weighted by atomic mass is 9.70. The quantitative estimate of drug-likeness (QED) is 0.329. The van der Waals surface area contributed by atoms with Crippen LogP contribution < -0.4 is 9.64 Å². The van der Waals surface area contributed by atoms with E-state index in [0.717, 1.165) is 5.56 Å². The summed E-state index contributed by atoms with van der Waals surface area (Å²) in [5, 5.41) is 10.4. The van der Waals surface area contributed by atoms with Gasteiger partial charge in [0.2, 0.25) is 17.7 Å². The Balaban J connectivity index is 1.53. The number of ether oxygens (including phenoxy) is 2. The number of anilines is 1. The normalized spacial score (nSPS) is 25.8. The number of amides is 3. The average Bonchev–Trinajstić information content (AvgIpc) is 3.68. The zero-order chi connectivity index (χ0) is 31.4. The number of hydrogen-bond donors (Lipinski definition) is 1. The van der Waals surface area contributed by atoms with E-state index in [1.165, 1.54) is 4.90 Å². The van der Waals surface area contributed by atoms with Crippen LogP contribution in [0.5, 0.6) is 5.75 Å². The Bertz CT molecular complexity index is 1360. The molecule has 3 aliphatic rings. The maximum atomic E-state index is 14.6. The summed E-state index contributed by atoms with van der Waals surface area (Å²) in [6.45, 7) is 12.6. The highest BCUT2D eigenvalue weighted by Gasteiger charge is 2.75. The van der Waals surface area contributed by atoms with E-state index in [9.17, 15) is 19.5 Å². The number of rotatable bonds is 14. The van der Waals surface area contributed by atoms with Gasteiger partial charge in [0.05, 0.1) is 37.2 Å². The number of aliphatic hydroxyl groups excluding tert-OH is 1. The predicted molar refractivity (Wildman–Crippen MR) is 168 cm³/mol. The van der Waals surface area contributed by atoms with Crippen LogP contribution in [0.3, 0.4) is 0 Å². The van der Waals surface area contributed by atoms with Crippen LogP contribution >= 0.6 is 0 Å². The molecule has 3 aliphatic heterocycles. The zero-order valence-corrected chi connectivity index (χ0v) is 25.6. The van der Waals surface area contributed by atoms with E-state index >= 15 is 0 Å². The molecule has 2 unspecified atom stereocenters. The molecule has 3 fully saturated rings. The monoisotopic (exact) mass is 601 g/mol. The number of likely N-dealkylation sites (tertiary alicyclic amines) is 1. The van der Waals surface area contributed by atoms with Crippen molar-refractivity contribution in [3.8, 4) is 5.75 Å². The van der Waals surface area contributed by atoms with Crippen LogP contribution in [0.1, 0.15) is 38.7 Å². The number of carbonyl (C=O) groups is 3. The molecule has 2 bridgehead atoms. The molecule has 9 nitrogen and oxygen atoms in total. The number of nitrogens with zero attached hydrogens (tertiary/aromatic N) is 3. The fourth-order valence-electron chi connectivity index (χ4n) is 7.34. The standard InChI is InChI=1S/C35H43N3O6/c1-5-20-36(22-24-12-10-9-11-13-24)34(42)31-35-19-18-28(44-35)29(30(35)33(41)38(31)25(7-3)23-39)32(40)37(21-6-2)26-14-16-27(17-15-26)43-8-4/h5-6,9-17,25,28-31,39H,1-2,7-8,18-23H2,3-4H3/t25-,28-,29+,30-,31?,35?/m0/s1. The van der Waals surface area contributed by atoms with Crippen molar-refractivity contribution < 1.29 is 29.0 Å². The van der Waals surface area contributed by atoms with E-state index in [1.807, 2.05) is 68.4 Å². The summed E-state index contributed by atoms with van der Waals surface area (Å²) >= 11 is 0. The van der Waals surface area contributed by atoms with Crippen molar-refractivity contribution in [1.82, 2.24) is 9.80 Å². The van der Waals surface area contributed by atoms with Gasteiger partial charge in [-0.05, 0) is 56.0 Å². The Labute approximate surface area is 259 Å². The number of hydrogen-bond acceptors (Lipinski definition) is 6. The van der Waals surface area contributed by atoms with Crippen molar-refractivity contribution in [2.45, 2.75) is 63.4 Å². The highest BCUT2D eigenvalue weighted by Crippen LogP contribution is 2.59. The van der Waals surface area contributed by atoms with Gasteiger partial charge in [0.15, 0.2) is 0 Å². The molecule has 5 rings (SSSR count). The molecule has 3 saturated heterocycles. The molecule has 3 heterocycles. The molecule has 0 saturated carbocycles. The molecule has 0 aliphatic carbocycles. The summed E-state index contributed by atoms with van der Waals surface area (Å²) < 4.78 is 12.3. The average molecular weight is 602 g/mol. The van der Waals surface area contributed by atoms with Gasteiger partial charge in [-0.15, -0.1) is 13.2 Å². The molecule has 6 atom stereocenters. The number of aliphatic hydroxyl groups is 1. The molecule has 3 amide bonds. The van der Waals surface area contributed by atoms with Crippen LogP contribution in [0.25, 0.3) is 0 Å². The summed E-state index contributed by atoms with van der Waals surface area (Å²) in [5.74, 6) is -1.74. The first kappa shape index (κ1) is 31.5. The van der Waals surface area contributed by atoms with Crippen LogP contribution in [0.2, 0.25) is 0 Å². The van der Waals surface area contributed by atoms with Crippen molar-refractivity contribution >= 4 is 23.4 Å². The Morgan fingerprint density at radius 1 is 1.09 bits per heavy atom. The van der Waals surface area contributed by atoms with Gasteiger partial charge in [-0.3, -0.25) is 14.4 Å². The van der Waals surface area contributed by atoms with Gasteiger partial charge < -0.3 is 29.3 Å². The van der Waals surface area contributed by atoms with Crippen LogP contribution in [-0.4, -0.2) is 82.7 Å². The topological polar surface area (TPSA) is 99.6 Å². The second-order valence-corrected chi connectivity index (χ2v) is 11.7. The van der Waals surface area contributed by atoms with E-state index in [4.69, 9.17) is 9.47 Å². The molecular formula is C35H43N3O6. The highest BCUT2D eigenvalue weighted by molar-refractivity contribution is 6.03. The fraction of sp³-hybridized carbons (Fsp3) is 0.457. The molecule has 1 spiro atoms. The van der Waals surface area contributed by atoms with Gasteiger partial charge in [0.25, 0.3) is 0 Å². The third kappa shape index (κ3) is 5.43. The van der Waals surface area contributed by atoms with Gasteiger partial charge in [-0.25, -0.2) is 0 Å². The molecule has 2 aromatic rings. The van der Waals surface area contributed by atoms with E-state index in [1.54, 1.807) is 22.0 Å². The summed E-state index contributed by atoms with van der Waals surface area (Å²) in [6.07, 6.45) is 4.31. The van der Waals surface area contributed by atoms with E-state index in [-0.39, 0.29) is 37.4 Å². The van der Waals surface area contributed by atoms with Gasteiger partial charge in [-0.1, -0.05) is 49.4 Å². The van der Waals surface area contributed by atoms with Crippen LogP contribution in [0.15, 0.2) is 79.9 Å². The lowest BCUT2D eigenvalue weighted by Gasteiger charge is -2.39. The maximum Gasteiger partial charge on any atom is 0.249 e. The van der Waals surface area contributed by atoms with Crippen LogP contribution in [0, 0.1) is 11.8 Å². The summed E-state index contributed by atoms with van der Waals surface area (Å²) in [7, 11) is 0. The minimum atomic E-state index is -1.17. The molecule has 2 aromatic carbocycles. The molecule has 0 aromatic heterocycles. The first-order valence-corrected chi connectivity index (χ1v) is 15.5. The summed E-state index contributed by atoms with van der Waals surface area (Å²) in [5.41, 5.74) is 0.435. The largest absolute Gasteiger partial charge is 0.494 e. The fourth-order valence-corrected chi connectivity index (χ4v) is 7.34. The first-order valence-electron chi connectivity index (χ1n) is 15.5. The maximum absolute atomic E-state index is 14.6. The first-order chi connectivity index (χ1) is 21.3. The Hall–Kier alpha value is -3.95. The van der Waals surface area contributed by atoms with Crippen molar-refractivity contribution in [3.05, 3.63) is 85.5 Å². The predicted octanol–water partition coefficient (Wildman–Crippen LogP) is 3.96. The van der Waals surface area contributed by atoms with E-state index < -0.39 is 35.6 Å². The van der Waals surface area contributed by atoms with Crippen molar-refractivity contribution in [2.24, 2.45) is 11.8 Å². The second kappa shape index (κ2) is 13.4. The molecule has 1 N–H and O–H groups in total. The molecule has 0 radical (unpaired) electrons. The Morgan fingerprint density at radius 3 is 2.41 bits per heavy atom. The molecule has 44 heavy (non-hydrogen) atoms. The lowest BCUT2D eigenvalue weighted by molar-refractivity contribution is -0.151. The highest BCUT2D eigenvalue weighted by atomic mass is 16.5. The minimum absolute atomic E-state index is 0.240. The van der Waals surface area contributed by atoms with Crippen molar-refractivity contribution in [3.63, 3.8) is 0 Å². The zero-order valence-electron chi connectivity index (χ0n) is 25.6. The van der Waals surface area contributed by atoms with Gasteiger partial charge in [0.1, 0.15) is 17.4 Å². The van der Waals surface area contributed by atoms with Crippen molar-refractivity contribution in [1.29, 1.82) is 0 Å². The molecule has 9 heteroatoms. The van der Waals surface area contributed by atoms with Gasteiger partial charge in [-0.2, -0.15) is 0 Å². The third-order valence-corrected chi connectivity index (χ3v) is 9.25. The van der Waals surface area contributed by atoms with Crippen LogP contribution in [0.4, 0.5) is 5.69 Å². The number of benzene rings is 2. The minimum Gasteiger partial charge on any atom is -0.494 e. The third-order valence-electron chi connectivity index (χ3n) is 9.25. The summed E-state index contributed by atoms with van der Waals surface area (Å²) in [4.78, 5) is 48.3. The van der Waals surface area contributed by atoms with Crippen LogP contribution in [-0.2, 0) is 25.7 Å². The second-order valence-electron chi connectivity index (χ2n) is 11.7. The Kier molecular flexibility index (Phi) is 9.56. The van der Waals surface area contributed by atoms with E-state index in [0.29, 0.717) is 43.9 Å². The van der Waals surface area contributed by atoms with Gasteiger partial charge >= 0.3 is 0 Å².